The first-order valence-electron chi connectivity index (χ1n) is 9.71. The van der Waals surface area contributed by atoms with Gasteiger partial charge in [0, 0.05) is 25.5 Å². The van der Waals surface area contributed by atoms with Gasteiger partial charge in [0.2, 0.25) is 5.91 Å². The van der Waals surface area contributed by atoms with E-state index in [1.165, 1.54) is 27.9 Å². The van der Waals surface area contributed by atoms with E-state index in [0.29, 0.717) is 0 Å². The number of nitrogens with one attached hydrogen (secondary N) is 2. The van der Waals surface area contributed by atoms with E-state index in [9.17, 15) is 36.3 Å². The summed E-state index contributed by atoms with van der Waals surface area (Å²) in [6.45, 7) is -3.10. The number of rotatable bonds is 5. The Morgan fingerprint density at radius 3 is 2.76 bits per heavy atom. The molecule has 2 aromatic rings. The van der Waals surface area contributed by atoms with Crippen LogP contribution in [0.4, 0.5) is 32.4 Å². The number of hydrogen-bond acceptors (Lipinski definition) is 7. The molecule has 0 saturated carbocycles. The number of carbonyl (C=O) groups is 3. The minimum Gasteiger partial charge on any atom is -0.456 e. The predicted octanol–water partition coefficient (Wildman–Crippen LogP) is 1.22. The molecule has 2 fully saturated rings. The minimum absolute atomic E-state index is 0.0544. The monoisotopic (exact) mass is 476 g/mol. The van der Waals surface area contributed by atoms with Crippen LogP contribution in [0.1, 0.15) is 18.0 Å². The maximum absolute atomic E-state index is 14.6. The lowest BCUT2D eigenvalue weighted by Crippen LogP contribution is -2.51. The van der Waals surface area contributed by atoms with Gasteiger partial charge in [0.15, 0.2) is 12.3 Å². The molecule has 0 spiro atoms. The number of hydrogen-bond donors (Lipinski definition) is 2. The van der Waals surface area contributed by atoms with Crippen LogP contribution >= 0.6 is 0 Å². The number of nitrogens with zero attached hydrogens (tertiary/aromatic N) is 4. The molecule has 0 aromatic carbocycles. The van der Waals surface area contributed by atoms with E-state index < -0.39 is 61.4 Å². The summed E-state index contributed by atoms with van der Waals surface area (Å²) in [7, 11) is 0. The fourth-order valence-corrected chi connectivity index (χ4v) is 3.76. The highest BCUT2D eigenvalue weighted by Gasteiger charge is 2.50. The van der Waals surface area contributed by atoms with E-state index in [-0.39, 0.29) is 30.1 Å². The van der Waals surface area contributed by atoms with Crippen molar-refractivity contribution in [2.75, 3.05) is 31.1 Å². The third-order valence-electron chi connectivity index (χ3n) is 5.33. The van der Waals surface area contributed by atoms with Gasteiger partial charge >= 0.3 is 18.2 Å². The number of aromatic nitrogens is 3. The quantitative estimate of drug-likeness (QED) is 0.492. The molecule has 2 N–H and O–H groups in total. The van der Waals surface area contributed by atoms with Crippen LogP contribution in [0.15, 0.2) is 18.5 Å². The highest BCUT2D eigenvalue weighted by atomic mass is 19.4. The fourth-order valence-electron chi connectivity index (χ4n) is 3.76. The summed E-state index contributed by atoms with van der Waals surface area (Å²) in [4.78, 5) is 40.6. The van der Waals surface area contributed by atoms with Gasteiger partial charge in [-0.3, -0.25) is 14.9 Å². The number of ether oxygens (including phenoxy) is 1. The van der Waals surface area contributed by atoms with Crippen molar-refractivity contribution in [2.45, 2.75) is 24.4 Å². The van der Waals surface area contributed by atoms with Crippen molar-refractivity contribution in [3.8, 4) is 0 Å². The molecule has 2 saturated heterocycles. The molecule has 178 valence electrons. The van der Waals surface area contributed by atoms with E-state index >= 15 is 0 Å². The molecular weight excluding hydrogens is 459 g/mol. The highest BCUT2D eigenvalue weighted by Crippen LogP contribution is 2.39. The summed E-state index contributed by atoms with van der Waals surface area (Å²) in [6.07, 6.45) is -2.84. The van der Waals surface area contributed by atoms with Crippen LogP contribution in [-0.2, 0) is 14.3 Å². The summed E-state index contributed by atoms with van der Waals surface area (Å²) < 4.78 is 71.3. The second-order valence-corrected chi connectivity index (χ2v) is 7.72. The number of fused-ring (bicyclic) bond motifs is 1. The molecule has 0 bridgehead atoms. The lowest BCUT2D eigenvalue weighted by Gasteiger charge is -2.24. The number of anilines is 1. The molecule has 4 heterocycles. The van der Waals surface area contributed by atoms with Crippen molar-refractivity contribution in [3.63, 3.8) is 0 Å². The third-order valence-corrected chi connectivity index (χ3v) is 5.33. The van der Waals surface area contributed by atoms with Gasteiger partial charge in [-0.2, -0.15) is 18.3 Å². The molecule has 2 aromatic heterocycles. The largest absolute Gasteiger partial charge is 0.456 e. The van der Waals surface area contributed by atoms with Crippen molar-refractivity contribution >= 4 is 29.2 Å². The Kier molecular flexibility index (Phi) is 5.57. The van der Waals surface area contributed by atoms with Crippen LogP contribution in [0.25, 0.3) is 5.65 Å². The van der Waals surface area contributed by atoms with Crippen LogP contribution in [0.2, 0.25) is 0 Å². The molecule has 33 heavy (non-hydrogen) atoms. The van der Waals surface area contributed by atoms with E-state index in [1.54, 1.807) is 0 Å². The SMILES string of the molecule is O=C1NCC(c2cc(N3CC(CC(=O)OCC(F)(F)F)C(F)(F)C3)c3nccn3n2)C(=O)N1. The molecule has 3 amide bonds. The van der Waals surface area contributed by atoms with Gasteiger partial charge in [0.25, 0.3) is 5.92 Å². The molecule has 10 nitrogen and oxygen atoms in total. The van der Waals surface area contributed by atoms with Crippen LogP contribution < -0.4 is 15.5 Å². The summed E-state index contributed by atoms with van der Waals surface area (Å²) in [6, 6.07) is 0.726. The van der Waals surface area contributed by atoms with Gasteiger partial charge in [-0.25, -0.2) is 23.1 Å². The van der Waals surface area contributed by atoms with E-state index in [2.05, 4.69) is 25.5 Å². The summed E-state index contributed by atoms with van der Waals surface area (Å²) in [5.41, 5.74) is 0.583. The first-order chi connectivity index (χ1) is 15.4. The number of alkyl halides is 5. The lowest BCUT2D eigenvalue weighted by atomic mass is 10.0. The number of imide groups is 1. The van der Waals surface area contributed by atoms with E-state index in [1.807, 2.05) is 0 Å². The molecule has 2 unspecified atom stereocenters. The molecule has 2 aliphatic rings. The van der Waals surface area contributed by atoms with Gasteiger partial charge in [-0.15, -0.1) is 0 Å². The Balaban J connectivity index is 1.57. The Hall–Kier alpha value is -3.52. The van der Waals surface area contributed by atoms with Crippen molar-refractivity contribution < 1.29 is 41.1 Å². The fraction of sp³-hybridized carbons (Fsp3) is 0.500. The number of amides is 3. The number of carbonyl (C=O) groups excluding carboxylic acids is 3. The van der Waals surface area contributed by atoms with Gasteiger partial charge in [0.1, 0.15) is 0 Å². The number of urea groups is 1. The smallest absolute Gasteiger partial charge is 0.422 e. The number of imidazole rings is 1. The Morgan fingerprint density at radius 1 is 1.30 bits per heavy atom. The Bertz CT molecular complexity index is 1100. The molecule has 2 aliphatic heterocycles. The lowest BCUT2D eigenvalue weighted by molar-refractivity contribution is -0.188. The summed E-state index contributed by atoms with van der Waals surface area (Å²) >= 11 is 0. The summed E-state index contributed by atoms with van der Waals surface area (Å²) in [5.74, 6) is -7.88. The molecule has 2 atom stereocenters. The van der Waals surface area contributed by atoms with E-state index in [4.69, 9.17) is 0 Å². The minimum atomic E-state index is -4.76. The number of halogens is 5. The van der Waals surface area contributed by atoms with Gasteiger partial charge < -0.3 is 15.0 Å². The second kappa shape index (κ2) is 8.12. The average molecular weight is 476 g/mol. The van der Waals surface area contributed by atoms with Crippen molar-refractivity contribution in [1.29, 1.82) is 0 Å². The molecular formula is C18H17F5N6O4. The standard InChI is InChI=1S/C18H17F5N6O4/c19-17(20)7-28(6-9(17)3-13(30)33-8-18(21,22)23)12-4-11(27-29-2-1-24-14(12)29)10-5-25-16(32)26-15(10)31/h1-2,4,9-10H,3,5-8H2,(H2,25,26,31,32). The van der Waals surface area contributed by atoms with E-state index in [0.717, 1.165) is 0 Å². The van der Waals surface area contributed by atoms with Gasteiger partial charge in [-0.1, -0.05) is 0 Å². The first kappa shape index (κ1) is 22.7. The Morgan fingerprint density at radius 2 is 2.06 bits per heavy atom. The van der Waals surface area contributed by atoms with Crippen molar-refractivity contribution in [2.24, 2.45) is 5.92 Å². The van der Waals surface area contributed by atoms with Crippen molar-refractivity contribution in [3.05, 3.63) is 24.2 Å². The molecule has 0 radical (unpaired) electrons. The molecule has 15 heteroatoms. The maximum atomic E-state index is 14.6. The van der Waals surface area contributed by atoms with Crippen LogP contribution in [0.5, 0.6) is 0 Å². The normalized spacial score (nSPS) is 22.9. The highest BCUT2D eigenvalue weighted by molar-refractivity contribution is 6.00. The van der Waals surface area contributed by atoms with Gasteiger partial charge in [-0.05, 0) is 6.07 Å². The number of esters is 1. The predicted molar refractivity (Wildman–Crippen MR) is 99.6 cm³/mol. The molecule has 0 aliphatic carbocycles. The molecule has 4 rings (SSSR count). The maximum Gasteiger partial charge on any atom is 0.422 e. The zero-order valence-electron chi connectivity index (χ0n) is 16.7. The third kappa shape index (κ3) is 4.80. The van der Waals surface area contributed by atoms with Crippen LogP contribution in [0, 0.1) is 5.92 Å². The van der Waals surface area contributed by atoms with Crippen LogP contribution in [0.3, 0.4) is 0 Å². The van der Waals surface area contributed by atoms with Crippen LogP contribution in [-0.4, -0.2) is 70.8 Å². The second-order valence-electron chi connectivity index (χ2n) is 7.72. The zero-order chi connectivity index (χ0) is 24.0. The summed E-state index contributed by atoms with van der Waals surface area (Å²) in [5, 5.41) is 8.82. The first-order valence-corrected chi connectivity index (χ1v) is 9.71. The average Bonchev–Trinajstić information content (AvgIpc) is 3.29. The zero-order valence-corrected chi connectivity index (χ0v) is 16.7. The topological polar surface area (TPSA) is 118 Å². The van der Waals surface area contributed by atoms with Crippen molar-refractivity contribution in [1.82, 2.24) is 25.2 Å². The Labute approximate surface area is 182 Å². The van der Waals surface area contributed by atoms with Gasteiger partial charge in [0.05, 0.1) is 36.2 Å².